The molecule has 132 valence electrons. The number of ether oxygens (including phenoxy) is 1. The molecule has 3 aromatic rings. The molecule has 2 aromatic carbocycles. The molecule has 5 nitrogen and oxygen atoms in total. The number of carbonyl (C=O) groups is 1. The van der Waals surface area contributed by atoms with E-state index >= 15 is 0 Å². The van der Waals surface area contributed by atoms with Gasteiger partial charge in [0.1, 0.15) is 11.4 Å². The molecule has 1 aliphatic rings. The van der Waals surface area contributed by atoms with Crippen LogP contribution in [0, 0.1) is 0 Å². The highest BCUT2D eigenvalue weighted by Gasteiger charge is 2.30. The molecule has 0 spiro atoms. The standard InChI is InChI=1S/C21H21N3O2/c1-26-17-8-6-16(7-9-17)19-14-22-12-13-24(19)21(25)20-18-5-3-2-4-15(18)10-11-23-20/h2-11,19,22H,12-14H2,1H3/t19-/m0/s1. The number of hydrogen-bond donors (Lipinski definition) is 1. The summed E-state index contributed by atoms with van der Waals surface area (Å²) in [6.07, 6.45) is 1.71. The SMILES string of the molecule is COc1ccc([C@@H]2CNCCN2C(=O)c2nccc3ccccc23)cc1. The zero-order valence-corrected chi connectivity index (χ0v) is 14.7. The van der Waals surface area contributed by atoms with Crippen LogP contribution in [0.2, 0.25) is 0 Å². The van der Waals surface area contributed by atoms with Gasteiger partial charge in [-0.25, -0.2) is 0 Å². The number of nitrogens with zero attached hydrogens (tertiary/aromatic N) is 2. The van der Waals surface area contributed by atoms with Crippen LogP contribution in [0.15, 0.2) is 60.8 Å². The first kappa shape index (κ1) is 16.5. The van der Waals surface area contributed by atoms with E-state index in [0.29, 0.717) is 12.2 Å². The second kappa shape index (κ2) is 7.14. The van der Waals surface area contributed by atoms with Gasteiger partial charge in [-0.05, 0) is 29.1 Å². The molecule has 0 saturated carbocycles. The summed E-state index contributed by atoms with van der Waals surface area (Å²) in [7, 11) is 1.65. The molecule has 1 amide bonds. The molecule has 1 aromatic heterocycles. The first-order valence-electron chi connectivity index (χ1n) is 8.77. The molecular formula is C21H21N3O2. The van der Waals surface area contributed by atoms with Crippen molar-refractivity contribution in [3.05, 3.63) is 72.1 Å². The fourth-order valence-electron chi connectivity index (χ4n) is 3.50. The average molecular weight is 347 g/mol. The maximum atomic E-state index is 13.3. The summed E-state index contributed by atoms with van der Waals surface area (Å²) in [5.74, 6) is 0.787. The zero-order chi connectivity index (χ0) is 17.9. The number of methoxy groups -OCH3 is 1. The van der Waals surface area contributed by atoms with Gasteiger partial charge in [0, 0.05) is 31.2 Å². The summed E-state index contributed by atoms with van der Waals surface area (Å²) in [5.41, 5.74) is 1.61. The minimum absolute atomic E-state index is 0.0240. The number of hydrogen-bond acceptors (Lipinski definition) is 4. The number of carbonyl (C=O) groups excluding carboxylic acids is 1. The monoisotopic (exact) mass is 347 g/mol. The van der Waals surface area contributed by atoms with Crippen LogP contribution in [-0.4, -0.2) is 42.5 Å². The number of pyridine rings is 1. The Labute approximate surface area is 152 Å². The van der Waals surface area contributed by atoms with Crippen molar-refractivity contribution in [1.29, 1.82) is 0 Å². The summed E-state index contributed by atoms with van der Waals surface area (Å²) in [6.45, 7) is 2.16. The third kappa shape index (κ3) is 3.02. The van der Waals surface area contributed by atoms with E-state index < -0.39 is 0 Å². The Morgan fingerprint density at radius 2 is 1.96 bits per heavy atom. The average Bonchev–Trinajstić information content (AvgIpc) is 2.73. The van der Waals surface area contributed by atoms with Gasteiger partial charge >= 0.3 is 0 Å². The molecule has 0 radical (unpaired) electrons. The van der Waals surface area contributed by atoms with E-state index in [1.165, 1.54) is 0 Å². The predicted molar refractivity (Wildman–Crippen MR) is 101 cm³/mol. The molecule has 26 heavy (non-hydrogen) atoms. The van der Waals surface area contributed by atoms with Gasteiger partial charge in [0.05, 0.1) is 13.2 Å². The second-order valence-electron chi connectivity index (χ2n) is 6.37. The Morgan fingerprint density at radius 1 is 1.15 bits per heavy atom. The number of aromatic nitrogens is 1. The van der Waals surface area contributed by atoms with Crippen molar-refractivity contribution >= 4 is 16.7 Å². The van der Waals surface area contributed by atoms with Gasteiger partial charge in [0.25, 0.3) is 5.91 Å². The highest BCUT2D eigenvalue weighted by Crippen LogP contribution is 2.27. The van der Waals surface area contributed by atoms with Gasteiger partial charge < -0.3 is 15.0 Å². The molecule has 1 saturated heterocycles. The van der Waals surface area contributed by atoms with E-state index in [9.17, 15) is 4.79 Å². The zero-order valence-electron chi connectivity index (χ0n) is 14.7. The topological polar surface area (TPSA) is 54.5 Å². The number of rotatable bonds is 3. The van der Waals surface area contributed by atoms with Gasteiger partial charge in [-0.15, -0.1) is 0 Å². The van der Waals surface area contributed by atoms with E-state index in [2.05, 4.69) is 10.3 Å². The molecule has 0 aliphatic carbocycles. The summed E-state index contributed by atoms with van der Waals surface area (Å²) in [6, 6.07) is 17.7. The number of benzene rings is 2. The number of fused-ring (bicyclic) bond motifs is 1. The van der Waals surface area contributed by atoms with E-state index in [1.807, 2.05) is 59.5 Å². The first-order valence-corrected chi connectivity index (χ1v) is 8.77. The highest BCUT2D eigenvalue weighted by atomic mass is 16.5. The minimum Gasteiger partial charge on any atom is -0.497 e. The van der Waals surface area contributed by atoms with Crippen molar-refractivity contribution < 1.29 is 9.53 Å². The van der Waals surface area contributed by atoms with Gasteiger partial charge in [0.2, 0.25) is 0 Å². The lowest BCUT2D eigenvalue weighted by Gasteiger charge is -2.36. The summed E-state index contributed by atoms with van der Waals surface area (Å²) >= 11 is 0. The molecule has 4 rings (SSSR count). The number of nitrogens with one attached hydrogen (secondary N) is 1. The molecule has 0 unspecified atom stereocenters. The van der Waals surface area contributed by atoms with Crippen molar-refractivity contribution in [2.45, 2.75) is 6.04 Å². The summed E-state index contributed by atoms with van der Waals surface area (Å²) in [4.78, 5) is 19.7. The van der Waals surface area contributed by atoms with Crippen molar-refractivity contribution in [3.8, 4) is 5.75 Å². The molecule has 1 atom stereocenters. The molecule has 2 heterocycles. The van der Waals surface area contributed by atoms with Gasteiger partial charge in [-0.2, -0.15) is 0 Å². The van der Waals surface area contributed by atoms with E-state index in [4.69, 9.17) is 4.74 Å². The van der Waals surface area contributed by atoms with Crippen LogP contribution in [-0.2, 0) is 0 Å². The Hall–Kier alpha value is -2.92. The Bertz CT molecular complexity index is 919. The Balaban J connectivity index is 1.70. The maximum absolute atomic E-state index is 13.3. The largest absolute Gasteiger partial charge is 0.497 e. The van der Waals surface area contributed by atoms with Crippen molar-refractivity contribution in [3.63, 3.8) is 0 Å². The van der Waals surface area contributed by atoms with Crippen LogP contribution >= 0.6 is 0 Å². The number of piperazine rings is 1. The molecule has 0 bridgehead atoms. The normalized spacial score (nSPS) is 17.3. The first-order chi connectivity index (χ1) is 12.8. The third-order valence-corrected chi connectivity index (χ3v) is 4.88. The van der Waals surface area contributed by atoms with Crippen molar-refractivity contribution in [1.82, 2.24) is 15.2 Å². The summed E-state index contributed by atoms with van der Waals surface area (Å²) < 4.78 is 5.24. The molecule has 5 heteroatoms. The van der Waals surface area contributed by atoms with E-state index in [0.717, 1.165) is 35.2 Å². The highest BCUT2D eigenvalue weighted by molar-refractivity contribution is 6.05. The van der Waals surface area contributed by atoms with Crippen molar-refractivity contribution in [2.24, 2.45) is 0 Å². The third-order valence-electron chi connectivity index (χ3n) is 4.88. The van der Waals surface area contributed by atoms with Crippen LogP contribution in [0.1, 0.15) is 22.1 Å². The fraction of sp³-hybridized carbons (Fsp3) is 0.238. The minimum atomic E-state index is -0.0251. The Morgan fingerprint density at radius 3 is 2.77 bits per heavy atom. The van der Waals surface area contributed by atoms with Crippen LogP contribution in [0.25, 0.3) is 10.8 Å². The lowest BCUT2D eigenvalue weighted by atomic mass is 10.0. The molecular weight excluding hydrogens is 326 g/mol. The van der Waals surface area contributed by atoms with E-state index in [-0.39, 0.29) is 11.9 Å². The van der Waals surface area contributed by atoms with Crippen LogP contribution < -0.4 is 10.1 Å². The van der Waals surface area contributed by atoms with Crippen LogP contribution in [0.5, 0.6) is 5.75 Å². The molecule has 1 aliphatic heterocycles. The second-order valence-corrected chi connectivity index (χ2v) is 6.37. The van der Waals surface area contributed by atoms with Crippen LogP contribution in [0.4, 0.5) is 0 Å². The Kier molecular flexibility index (Phi) is 4.54. The van der Waals surface area contributed by atoms with Crippen LogP contribution in [0.3, 0.4) is 0 Å². The fourth-order valence-corrected chi connectivity index (χ4v) is 3.50. The van der Waals surface area contributed by atoms with Gasteiger partial charge in [-0.1, -0.05) is 36.4 Å². The van der Waals surface area contributed by atoms with E-state index in [1.54, 1.807) is 13.3 Å². The van der Waals surface area contributed by atoms with Gasteiger partial charge in [-0.3, -0.25) is 9.78 Å². The number of amides is 1. The maximum Gasteiger partial charge on any atom is 0.273 e. The lowest BCUT2D eigenvalue weighted by molar-refractivity contribution is 0.0630. The molecule has 1 N–H and O–H groups in total. The molecule has 1 fully saturated rings. The van der Waals surface area contributed by atoms with Crippen molar-refractivity contribution in [2.75, 3.05) is 26.7 Å². The smallest absolute Gasteiger partial charge is 0.273 e. The predicted octanol–water partition coefficient (Wildman–Crippen LogP) is 3.03. The quantitative estimate of drug-likeness (QED) is 0.791. The van der Waals surface area contributed by atoms with Gasteiger partial charge in [0.15, 0.2) is 0 Å². The summed E-state index contributed by atoms with van der Waals surface area (Å²) in [5, 5.41) is 5.31. The lowest BCUT2D eigenvalue weighted by Crippen LogP contribution is -2.48.